The molecular weight excluding hydrogens is 438 g/mol. The first kappa shape index (κ1) is 26.8. The Morgan fingerprint density at radius 2 is 1.56 bits per heavy atom. The number of nitrogens with zero attached hydrogens (tertiary/aromatic N) is 3. The fourth-order valence-corrected chi connectivity index (χ4v) is 3.66. The molecule has 0 heterocycles. The summed E-state index contributed by atoms with van der Waals surface area (Å²) < 4.78 is 0. The monoisotopic (exact) mass is 469 g/mol. The van der Waals surface area contributed by atoms with Crippen LogP contribution in [-0.2, 0) is 0 Å². The van der Waals surface area contributed by atoms with E-state index in [9.17, 15) is 25.3 Å². The molecular formula is C25H31N3O6. The summed E-state index contributed by atoms with van der Waals surface area (Å²) in [6, 6.07) is 12.5. The molecule has 0 saturated carbocycles. The van der Waals surface area contributed by atoms with Gasteiger partial charge in [0, 0.05) is 37.0 Å². The molecule has 0 saturated heterocycles. The number of nitro benzene ring substituents is 2. The quantitative estimate of drug-likeness (QED) is 0.228. The number of allylic oxidation sites excluding steroid dienone is 1. The molecule has 2 aromatic carbocycles. The van der Waals surface area contributed by atoms with Gasteiger partial charge in [-0.15, -0.1) is 0 Å². The van der Waals surface area contributed by atoms with E-state index in [2.05, 4.69) is 11.9 Å². The number of aliphatic hydroxyl groups is 2. The fraction of sp³-hybridized carbons (Fsp3) is 0.400. The van der Waals surface area contributed by atoms with E-state index in [4.69, 9.17) is 5.11 Å². The van der Waals surface area contributed by atoms with Crippen LogP contribution in [0.25, 0.3) is 6.08 Å². The van der Waals surface area contributed by atoms with Crippen molar-refractivity contribution in [2.45, 2.75) is 45.1 Å². The average molecular weight is 470 g/mol. The molecule has 34 heavy (non-hydrogen) atoms. The molecule has 0 radical (unpaired) electrons. The van der Waals surface area contributed by atoms with Crippen molar-refractivity contribution < 1.29 is 20.1 Å². The van der Waals surface area contributed by atoms with Crippen molar-refractivity contribution >= 4 is 23.7 Å². The highest BCUT2D eigenvalue weighted by atomic mass is 16.6. The van der Waals surface area contributed by atoms with Gasteiger partial charge in [0.15, 0.2) is 0 Å². The zero-order chi connectivity index (χ0) is 25.0. The van der Waals surface area contributed by atoms with Gasteiger partial charge < -0.3 is 10.2 Å². The standard InChI is InChI=1S/C25H31N3O6/c1-2-25(16-4-6-24(30)18-29,15-3-5-20-7-11-22(12-8-20)27(31)32)19-26-17-21-9-13-23(14-10-21)28(33)34/h3,5,7-14,17,24,29-30H,2,4,6,15-16,18-19H2,1H3/b5-3?,26-17+. The molecule has 0 spiro atoms. The highest BCUT2D eigenvalue weighted by Crippen LogP contribution is 2.34. The normalized spacial score (nSPS) is 14.3. The first-order valence-electron chi connectivity index (χ1n) is 11.2. The Hall–Kier alpha value is -3.43. The smallest absolute Gasteiger partial charge is 0.269 e. The van der Waals surface area contributed by atoms with E-state index < -0.39 is 16.0 Å². The highest BCUT2D eigenvalue weighted by molar-refractivity contribution is 5.79. The molecule has 2 rings (SSSR count). The van der Waals surface area contributed by atoms with E-state index in [1.54, 1.807) is 30.5 Å². The SMILES string of the molecule is CCC(CC=Cc1ccc([N+](=O)[O-])cc1)(CCCC(O)CO)C/N=C/c1ccc([N+](=O)[O-])cc1. The van der Waals surface area contributed by atoms with Crippen molar-refractivity contribution in [1.82, 2.24) is 0 Å². The molecule has 0 aliphatic carbocycles. The van der Waals surface area contributed by atoms with Gasteiger partial charge in [-0.25, -0.2) is 0 Å². The second-order valence-electron chi connectivity index (χ2n) is 8.36. The summed E-state index contributed by atoms with van der Waals surface area (Å²) in [7, 11) is 0. The van der Waals surface area contributed by atoms with Crippen molar-refractivity contribution in [3.05, 3.63) is 86.0 Å². The summed E-state index contributed by atoms with van der Waals surface area (Å²) >= 11 is 0. The van der Waals surface area contributed by atoms with Crippen molar-refractivity contribution in [2.75, 3.05) is 13.2 Å². The maximum absolute atomic E-state index is 10.8. The summed E-state index contributed by atoms with van der Waals surface area (Å²) in [5.41, 5.74) is 1.53. The lowest BCUT2D eigenvalue weighted by atomic mass is 9.77. The summed E-state index contributed by atoms with van der Waals surface area (Å²) in [6.07, 6.45) is 8.50. The van der Waals surface area contributed by atoms with Gasteiger partial charge in [0.1, 0.15) is 0 Å². The molecule has 2 aromatic rings. The van der Waals surface area contributed by atoms with Gasteiger partial charge >= 0.3 is 0 Å². The summed E-state index contributed by atoms with van der Waals surface area (Å²) in [5, 5.41) is 40.5. The van der Waals surface area contributed by atoms with Crippen molar-refractivity contribution in [1.29, 1.82) is 0 Å². The third-order valence-electron chi connectivity index (χ3n) is 5.94. The van der Waals surface area contributed by atoms with Crippen LogP contribution in [-0.4, -0.2) is 45.5 Å². The number of benzene rings is 2. The number of hydrogen-bond acceptors (Lipinski definition) is 7. The van der Waals surface area contributed by atoms with E-state index in [1.807, 2.05) is 12.2 Å². The Labute approximate surface area is 198 Å². The summed E-state index contributed by atoms with van der Waals surface area (Å²) in [6.45, 7) is 2.35. The molecule has 182 valence electrons. The Balaban J connectivity index is 2.11. The van der Waals surface area contributed by atoms with E-state index in [1.165, 1.54) is 24.3 Å². The third-order valence-corrected chi connectivity index (χ3v) is 5.94. The van der Waals surface area contributed by atoms with Gasteiger partial charge in [-0.1, -0.05) is 25.5 Å². The van der Waals surface area contributed by atoms with Gasteiger partial charge in [0.25, 0.3) is 11.4 Å². The van der Waals surface area contributed by atoms with E-state index in [0.717, 1.165) is 30.4 Å². The van der Waals surface area contributed by atoms with Gasteiger partial charge in [0.2, 0.25) is 0 Å². The molecule has 9 nitrogen and oxygen atoms in total. The highest BCUT2D eigenvalue weighted by Gasteiger charge is 2.26. The number of non-ortho nitro benzene ring substituents is 2. The maximum Gasteiger partial charge on any atom is 0.269 e. The topological polar surface area (TPSA) is 139 Å². The lowest BCUT2D eigenvalue weighted by molar-refractivity contribution is -0.385. The molecule has 0 aliphatic rings. The van der Waals surface area contributed by atoms with E-state index in [0.29, 0.717) is 19.4 Å². The maximum atomic E-state index is 10.8. The Morgan fingerprint density at radius 1 is 1.00 bits per heavy atom. The minimum Gasteiger partial charge on any atom is -0.394 e. The molecule has 2 atom stereocenters. The molecule has 0 aliphatic heterocycles. The average Bonchev–Trinajstić information content (AvgIpc) is 2.84. The van der Waals surface area contributed by atoms with Crippen LogP contribution in [0.4, 0.5) is 11.4 Å². The first-order chi connectivity index (χ1) is 16.3. The zero-order valence-electron chi connectivity index (χ0n) is 19.2. The fourth-order valence-electron chi connectivity index (χ4n) is 3.66. The van der Waals surface area contributed by atoms with Crippen LogP contribution >= 0.6 is 0 Å². The zero-order valence-corrected chi connectivity index (χ0v) is 19.2. The van der Waals surface area contributed by atoms with Crippen LogP contribution in [0, 0.1) is 25.6 Å². The van der Waals surface area contributed by atoms with E-state index in [-0.39, 0.29) is 23.4 Å². The lowest BCUT2D eigenvalue weighted by Gasteiger charge is -2.30. The van der Waals surface area contributed by atoms with Crippen molar-refractivity contribution in [3.63, 3.8) is 0 Å². The Morgan fingerprint density at radius 3 is 2.06 bits per heavy atom. The van der Waals surface area contributed by atoms with Gasteiger partial charge in [-0.3, -0.25) is 25.2 Å². The van der Waals surface area contributed by atoms with Crippen LogP contribution in [0.3, 0.4) is 0 Å². The largest absolute Gasteiger partial charge is 0.394 e. The first-order valence-corrected chi connectivity index (χ1v) is 11.2. The third kappa shape index (κ3) is 8.49. The Kier molecular flexibility index (Phi) is 10.5. The van der Waals surface area contributed by atoms with Gasteiger partial charge in [-0.05, 0) is 66.5 Å². The minimum absolute atomic E-state index is 0.0267. The second kappa shape index (κ2) is 13.3. The molecule has 0 amide bonds. The lowest BCUT2D eigenvalue weighted by Crippen LogP contribution is -2.24. The number of hydrogen-bond donors (Lipinski definition) is 2. The molecule has 0 bridgehead atoms. The predicted octanol–water partition coefficient (Wildman–Crippen LogP) is 4.95. The molecule has 2 N–H and O–H groups in total. The number of aliphatic imine (C=N–C) groups is 1. The van der Waals surface area contributed by atoms with Crippen molar-refractivity contribution in [3.8, 4) is 0 Å². The van der Waals surface area contributed by atoms with Crippen LogP contribution in [0.15, 0.2) is 59.6 Å². The van der Waals surface area contributed by atoms with E-state index >= 15 is 0 Å². The van der Waals surface area contributed by atoms with Gasteiger partial charge in [0.05, 0.1) is 22.6 Å². The minimum atomic E-state index is -0.742. The molecule has 0 fully saturated rings. The predicted molar refractivity (Wildman–Crippen MR) is 132 cm³/mol. The molecule has 0 aromatic heterocycles. The Bertz CT molecular complexity index is 917. The number of rotatable bonds is 14. The molecule has 9 heteroatoms. The van der Waals surface area contributed by atoms with Gasteiger partial charge in [-0.2, -0.15) is 0 Å². The second-order valence-corrected chi connectivity index (χ2v) is 8.36. The summed E-state index contributed by atoms with van der Waals surface area (Å²) in [5.74, 6) is 0. The van der Waals surface area contributed by atoms with Crippen LogP contribution in [0.1, 0.15) is 50.2 Å². The van der Waals surface area contributed by atoms with Crippen LogP contribution in [0.5, 0.6) is 0 Å². The molecule has 2 unspecified atom stereocenters. The summed E-state index contributed by atoms with van der Waals surface area (Å²) in [4.78, 5) is 25.4. The number of aliphatic hydroxyl groups excluding tert-OH is 2. The number of nitro groups is 2. The van der Waals surface area contributed by atoms with Crippen molar-refractivity contribution in [2.24, 2.45) is 10.4 Å². The van der Waals surface area contributed by atoms with Crippen LogP contribution in [0.2, 0.25) is 0 Å². The van der Waals surface area contributed by atoms with Crippen LogP contribution < -0.4 is 0 Å².